The number of sulfone groups is 1. The van der Waals surface area contributed by atoms with Crippen LogP contribution < -0.4 is 14.8 Å². The van der Waals surface area contributed by atoms with Crippen molar-refractivity contribution in [3.05, 3.63) is 52.0 Å². The largest absolute Gasteiger partial charge is 0.493 e. The van der Waals surface area contributed by atoms with Crippen LogP contribution in [-0.2, 0) is 9.84 Å². The monoisotopic (exact) mass is 411 g/mol. The zero-order valence-electron chi connectivity index (χ0n) is 15.8. The van der Waals surface area contributed by atoms with E-state index in [1.807, 2.05) is 19.9 Å². The molecule has 2 aromatic carbocycles. The molecule has 0 spiro atoms. The lowest BCUT2D eigenvalue weighted by Crippen LogP contribution is -2.27. The average molecular weight is 412 g/mol. The maximum absolute atomic E-state index is 12.7. The summed E-state index contributed by atoms with van der Waals surface area (Å²) >= 11 is 6.10. The number of carbonyl (C=O) groups excluding carboxylic acids is 1. The van der Waals surface area contributed by atoms with E-state index in [9.17, 15) is 13.2 Å². The Morgan fingerprint density at radius 3 is 2.26 bits per heavy atom. The van der Waals surface area contributed by atoms with Crippen LogP contribution in [0.25, 0.3) is 0 Å². The number of methoxy groups -OCH3 is 2. The van der Waals surface area contributed by atoms with Gasteiger partial charge in [0.2, 0.25) is 0 Å². The molecule has 0 saturated carbocycles. The second-order valence-electron chi connectivity index (χ2n) is 6.17. The predicted octanol–water partition coefficient (Wildman–Crippen LogP) is 3.56. The summed E-state index contributed by atoms with van der Waals surface area (Å²) in [5.41, 5.74) is 1.86. The van der Waals surface area contributed by atoms with Crippen molar-refractivity contribution >= 4 is 27.3 Å². The molecule has 0 fully saturated rings. The normalized spacial score (nSPS) is 12.4. The lowest BCUT2D eigenvalue weighted by Gasteiger charge is -2.19. The molecule has 1 atom stereocenters. The first-order valence-corrected chi connectivity index (χ1v) is 10.4. The molecule has 2 rings (SSSR count). The van der Waals surface area contributed by atoms with Crippen LogP contribution in [-0.4, -0.2) is 34.8 Å². The van der Waals surface area contributed by atoms with Gasteiger partial charge in [0, 0.05) is 6.26 Å². The van der Waals surface area contributed by atoms with Gasteiger partial charge in [-0.25, -0.2) is 8.42 Å². The Labute approximate surface area is 164 Å². The molecule has 0 radical (unpaired) electrons. The Kier molecular flexibility index (Phi) is 6.38. The Morgan fingerprint density at radius 2 is 1.70 bits per heavy atom. The van der Waals surface area contributed by atoms with Crippen LogP contribution in [0.5, 0.6) is 11.5 Å². The van der Waals surface area contributed by atoms with Crippen molar-refractivity contribution in [1.82, 2.24) is 5.32 Å². The van der Waals surface area contributed by atoms with E-state index in [-0.39, 0.29) is 21.5 Å². The van der Waals surface area contributed by atoms with Crippen molar-refractivity contribution in [2.24, 2.45) is 0 Å². The molecular formula is C19H22ClNO5S. The molecule has 2 aromatic rings. The lowest BCUT2D eigenvalue weighted by atomic mass is 10.0. The summed E-state index contributed by atoms with van der Waals surface area (Å²) in [7, 11) is -0.356. The van der Waals surface area contributed by atoms with Gasteiger partial charge in [-0.1, -0.05) is 11.6 Å². The quantitative estimate of drug-likeness (QED) is 0.785. The maximum atomic E-state index is 12.7. The number of halogens is 1. The van der Waals surface area contributed by atoms with E-state index in [4.69, 9.17) is 21.1 Å². The summed E-state index contributed by atoms with van der Waals surface area (Å²) in [6, 6.07) is 7.31. The number of hydrogen-bond acceptors (Lipinski definition) is 5. The highest BCUT2D eigenvalue weighted by atomic mass is 35.5. The Balaban J connectivity index is 2.34. The topological polar surface area (TPSA) is 81.7 Å². The fourth-order valence-corrected chi connectivity index (χ4v) is 3.57. The van der Waals surface area contributed by atoms with Crippen molar-refractivity contribution < 1.29 is 22.7 Å². The SMILES string of the molecule is COc1cc(C)c([C@H](C)NC(=O)c2cc(S(C)(=O)=O)ccc2Cl)cc1OC. The number of carbonyl (C=O) groups is 1. The van der Waals surface area contributed by atoms with Crippen LogP contribution in [0.1, 0.15) is 34.5 Å². The molecule has 146 valence electrons. The third-order valence-corrected chi connectivity index (χ3v) is 5.64. The van der Waals surface area contributed by atoms with E-state index >= 15 is 0 Å². The highest BCUT2D eigenvalue weighted by Gasteiger charge is 2.20. The average Bonchev–Trinajstić information content (AvgIpc) is 2.60. The van der Waals surface area contributed by atoms with Gasteiger partial charge in [0.25, 0.3) is 5.91 Å². The summed E-state index contributed by atoms with van der Waals surface area (Å²) in [6.07, 6.45) is 1.08. The van der Waals surface area contributed by atoms with E-state index in [0.717, 1.165) is 17.4 Å². The van der Waals surface area contributed by atoms with Crippen molar-refractivity contribution in [2.75, 3.05) is 20.5 Å². The van der Waals surface area contributed by atoms with Gasteiger partial charge < -0.3 is 14.8 Å². The fraction of sp³-hybridized carbons (Fsp3) is 0.316. The van der Waals surface area contributed by atoms with Crippen LogP contribution in [0.15, 0.2) is 35.2 Å². The van der Waals surface area contributed by atoms with Crippen molar-refractivity contribution in [1.29, 1.82) is 0 Å². The smallest absolute Gasteiger partial charge is 0.253 e. The molecule has 1 amide bonds. The minimum atomic E-state index is -3.45. The fourth-order valence-electron chi connectivity index (χ4n) is 2.72. The Bertz CT molecular complexity index is 972. The summed E-state index contributed by atoms with van der Waals surface area (Å²) < 4.78 is 34.1. The molecular weight excluding hydrogens is 390 g/mol. The van der Waals surface area contributed by atoms with Crippen LogP contribution in [0.3, 0.4) is 0 Å². The molecule has 0 bridgehead atoms. The molecule has 0 unspecified atom stereocenters. The van der Waals surface area contributed by atoms with E-state index in [2.05, 4.69) is 5.32 Å². The number of rotatable bonds is 6. The molecule has 1 N–H and O–H groups in total. The van der Waals surface area contributed by atoms with Gasteiger partial charge in [-0.15, -0.1) is 0 Å². The third kappa shape index (κ3) is 4.73. The molecule has 0 aliphatic rings. The van der Waals surface area contributed by atoms with E-state index < -0.39 is 15.7 Å². The highest BCUT2D eigenvalue weighted by molar-refractivity contribution is 7.90. The Morgan fingerprint density at radius 1 is 1.11 bits per heavy atom. The molecule has 27 heavy (non-hydrogen) atoms. The zero-order chi connectivity index (χ0) is 20.4. The number of amides is 1. The Hall–Kier alpha value is -2.25. The van der Waals surface area contributed by atoms with Crippen molar-refractivity contribution in [2.45, 2.75) is 24.8 Å². The molecule has 0 aromatic heterocycles. The molecule has 0 aliphatic heterocycles. The van der Waals surface area contributed by atoms with Crippen molar-refractivity contribution in [3.8, 4) is 11.5 Å². The van der Waals surface area contributed by atoms with Crippen LogP contribution in [0, 0.1) is 6.92 Å². The van der Waals surface area contributed by atoms with Crippen LogP contribution in [0.2, 0.25) is 5.02 Å². The van der Waals surface area contributed by atoms with Gasteiger partial charge in [-0.2, -0.15) is 0 Å². The van der Waals surface area contributed by atoms with Crippen LogP contribution >= 0.6 is 11.6 Å². The zero-order valence-corrected chi connectivity index (χ0v) is 17.4. The summed E-state index contributed by atoms with van der Waals surface area (Å²) in [5.74, 6) is 0.685. The lowest BCUT2D eigenvalue weighted by molar-refractivity contribution is 0.0939. The predicted molar refractivity (Wildman–Crippen MR) is 105 cm³/mol. The summed E-state index contributed by atoms with van der Waals surface area (Å²) in [6.45, 7) is 3.72. The van der Waals surface area contributed by atoms with E-state index in [1.54, 1.807) is 13.2 Å². The molecule has 8 heteroatoms. The van der Waals surface area contributed by atoms with Gasteiger partial charge in [0.15, 0.2) is 21.3 Å². The van der Waals surface area contributed by atoms with Gasteiger partial charge in [-0.05, 0) is 55.3 Å². The first kappa shape index (κ1) is 21.1. The number of ether oxygens (including phenoxy) is 2. The summed E-state index contributed by atoms with van der Waals surface area (Å²) in [5, 5.41) is 3.02. The number of hydrogen-bond donors (Lipinski definition) is 1. The second-order valence-corrected chi connectivity index (χ2v) is 8.60. The number of aryl methyl sites for hydroxylation is 1. The first-order valence-electron chi connectivity index (χ1n) is 8.11. The minimum absolute atomic E-state index is 0.0343. The van der Waals surface area contributed by atoms with E-state index in [1.165, 1.54) is 25.3 Å². The van der Waals surface area contributed by atoms with Gasteiger partial charge in [-0.3, -0.25) is 4.79 Å². The van der Waals surface area contributed by atoms with Crippen molar-refractivity contribution in [3.63, 3.8) is 0 Å². The maximum Gasteiger partial charge on any atom is 0.253 e. The molecule has 0 heterocycles. The number of benzene rings is 2. The molecule has 6 nitrogen and oxygen atoms in total. The van der Waals surface area contributed by atoms with Crippen LogP contribution in [0.4, 0.5) is 0 Å². The minimum Gasteiger partial charge on any atom is -0.493 e. The second kappa shape index (κ2) is 8.19. The first-order chi connectivity index (χ1) is 12.6. The van der Waals surface area contributed by atoms with Gasteiger partial charge in [0.1, 0.15) is 0 Å². The molecule has 0 saturated heterocycles. The standard InChI is InChI=1S/C19H22ClNO5S/c1-11-8-17(25-3)18(26-4)10-14(11)12(2)21-19(22)15-9-13(27(5,23)24)6-7-16(15)20/h6-10,12H,1-5H3,(H,21,22)/t12-/m0/s1. The van der Waals surface area contributed by atoms with Gasteiger partial charge >= 0.3 is 0 Å². The molecule has 0 aliphatic carbocycles. The number of nitrogens with one attached hydrogen (secondary N) is 1. The highest BCUT2D eigenvalue weighted by Crippen LogP contribution is 2.33. The summed E-state index contributed by atoms with van der Waals surface area (Å²) in [4.78, 5) is 12.7. The van der Waals surface area contributed by atoms with Gasteiger partial charge in [0.05, 0.1) is 35.7 Å². The van der Waals surface area contributed by atoms with E-state index in [0.29, 0.717) is 11.5 Å². The third-order valence-electron chi connectivity index (χ3n) is 4.20.